The molecule has 3 aromatic rings. The van der Waals surface area contributed by atoms with Gasteiger partial charge in [-0.15, -0.1) is 5.10 Å². The van der Waals surface area contributed by atoms with Crippen molar-refractivity contribution in [2.75, 3.05) is 13.7 Å². The number of nitrogens with zero attached hydrogens (tertiary/aromatic N) is 3. The molecule has 1 saturated carbocycles. The van der Waals surface area contributed by atoms with Gasteiger partial charge in [0.15, 0.2) is 5.82 Å². The van der Waals surface area contributed by atoms with Crippen molar-refractivity contribution < 1.29 is 32.5 Å². The molecule has 0 amide bonds. The molecule has 0 saturated heterocycles. The number of carboxylic acid groups (broad SMARTS) is 1. The van der Waals surface area contributed by atoms with Crippen LogP contribution in [0.1, 0.15) is 31.5 Å². The van der Waals surface area contributed by atoms with E-state index in [0.717, 1.165) is 5.56 Å². The van der Waals surface area contributed by atoms with Crippen LogP contribution in [0.2, 0.25) is 0 Å². The van der Waals surface area contributed by atoms with Crippen molar-refractivity contribution in [2.24, 2.45) is 5.41 Å². The first-order valence-electron chi connectivity index (χ1n) is 10.7. The molecule has 0 unspecified atom stereocenters. The van der Waals surface area contributed by atoms with Crippen LogP contribution in [0.25, 0.3) is 22.6 Å². The van der Waals surface area contributed by atoms with Crippen molar-refractivity contribution in [1.29, 1.82) is 0 Å². The molecule has 0 aliphatic heterocycles. The van der Waals surface area contributed by atoms with Gasteiger partial charge in [-0.2, -0.15) is 13.2 Å². The first kappa shape index (κ1) is 23.7. The van der Waals surface area contributed by atoms with Crippen LogP contribution in [0.4, 0.5) is 13.2 Å². The first-order chi connectivity index (χ1) is 16.2. The molecular formula is C23H23F3N4O4. The van der Waals surface area contributed by atoms with Gasteiger partial charge < -0.3 is 14.6 Å². The smallest absolute Gasteiger partial charge is 0.453 e. The van der Waals surface area contributed by atoms with E-state index in [4.69, 9.17) is 9.47 Å². The van der Waals surface area contributed by atoms with E-state index in [9.17, 15) is 23.1 Å². The third kappa shape index (κ3) is 5.04. The van der Waals surface area contributed by atoms with E-state index < -0.39 is 23.4 Å². The zero-order valence-electron chi connectivity index (χ0n) is 18.3. The second-order valence-electron chi connectivity index (χ2n) is 8.30. The molecule has 1 fully saturated rings. The molecule has 0 spiro atoms. The molecule has 2 N–H and O–H groups in total. The maximum atomic E-state index is 12.7. The van der Waals surface area contributed by atoms with Gasteiger partial charge in [-0.3, -0.25) is 14.9 Å². The Bertz CT molecular complexity index is 1120. The minimum absolute atomic E-state index is 0.0139. The number of aliphatic carboxylic acids is 1. The lowest BCUT2D eigenvalue weighted by atomic mass is 9.73. The number of halogens is 3. The molecule has 1 aromatic carbocycles. The van der Waals surface area contributed by atoms with Crippen molar-refractivity contribution in [2.45, 2.75) is 38.0 Å². The number of pyridine rings is 1. The Morgan fingerprint density at radius 2 is 1.82 bits per heavy atom. The molecule has 8 nitrogen and oxygen atoms in total. The Hall–Kier alpha value is -3.47. The molecule has 1 aliphatic carbocycles. The summed E-state index contributed by atoms with van der Waals surface area (Å²) >= 11 is 0. The van der Waals surface area contributed by atoms with Crippen LogP contribution in [0.15, 0.2) is 42.6 Å². The topological polar surface area (TPSA) is 110 Å². The lowest BCUT2D eigenvalue weighted by Crippen LogP contribution is -2.41. The molecule has 1 aliphatic rings. The lowest BCUT2D eigenvalue weighted by Gasteiger charge is -2.36. The maximum Gasteiger partial charge on any atom is 0.453 e. The van der Waals surface area contributed by atoms with Gasteiger partial charge in [-0.05, 0) is 62.1 Å². The summed E-state index contributed by atoms with van der Waals surface area (Å²) in [6.07, 6.45) is -1.04. The summed E-state index contributed by atoms with van der Waals surface area (Å²) in [5.74, 6) is -1.41. The van der Waals surface area contributed by atoms with E-state index in [0.29, 0.717) is 42.7 Å². The van der Waals surface area contributed by atoms with Crippen LogP contribution >= 0.6 is 0 Å². The fourth-order valence-corrected chi connectivity index (χ4v) is 4.08. The van der Waals surface area contributed by atoms with Gasteiger partial charge in [0, 0.05) is 24.4 Å². The number of alkyl halides is 3. The van der Waals surface area contributed by atoms with E-state index in [-0.39, 0.29) is 18.5 Å². The Labute approximate surface area is 193 Å². The molecule has 4 rings (SSSR count). The molecule has 0 radical (unpaired) electrons. The largest absolute Gasteiger partial charge is 0.490 e. The Morgan fingerprint density at radius 1 is 1.15 bits per heavy atom. The highest BCUT2D eigenvalue weighted by Gasteiger charge is 2.42. The number of aromatic nitrogens is 4. The van der Waals surface area contributed by atoms with Gasteiger partial charge in [0.05, 0.1) is 23.8 Å². The Balaban J connectivity index is 1.38. The summed E-state index contributed by atoms with van der Waals surface area (Å²) in [6, 6.07) is 10.6. The number of ether oxygens (including phenoxy) is 2. The van der Waals surface area contributed by atoms with Crippen LogP contribution in [-0.4, -0.2) is 51.1 Å². The summed E-state index contributed by atoms with van der Waals surface area (Å²) in [7, 11) is 1.51. The number of aromatic amines is 1. The molecule has 2 aromatic heterocycles. The molecule has 180 valence electrons. The second-order valence-corrected chi connectivity index (χ2v) is 8.30. The van der Waals surface area contributed by atoms with Crippen LogP contribution < -0.4 is 4.74 Å². The molecular weight excluding hydrogens is 453 g/mol. The average Bonchev–Trinajstić information content (AvgIpc) is 3.32. The fourth-order valence-electron chi connectivity index (χ4n) is 4.08. The summed E-state index contributed by atoms with van der Waals surface area (Å²) in [6.45, 7) is 0.190. The molecule has 0 bridgehead atoms. The van der Waals surface area contributed by atoms with Crippen molar-refractivity contribution >= 4 is 5.97 Å². The molecule has 34 heavy (non-hydrogen) atoms. The molecule has 2 heterocycles. The number of rotatable bonds is 7. The van der Waals surface area contributed by atoms with Crippen LogP contribution in [0.3, 0.4) is 0 Å². The zero-order chi connectivity index (χ0) is 24.3. The second kappa shape index (κ2) is 9.41. The van der Waals surface area contributed by atoms with Crippen LogP contribution in [0.5, 0.6) is 5.75 Å². The summed E-state index contributed by atoms with van der Waals surface area (Å²) < 4.78 is 49.2. The number of hydrogen-bond acceptors (Lipinski definition) is 6. The van der Waals surface area contributed by atoms with Gasteiger partial charge in [0.1, 0.15) is 5.75 Å². The normalized spacial score (nSPS) is 20.8. The summed E-state index contributed by atoms with van der Waals surface area (Å²) in [5.41, 5.74) is 0.974. The van der Waals surface area contributed by atoms with E-state index in [2.05, 4.69) is 20.2 Å². The highest BCUT2D eigenvalue weighted by molar-refractivity contribution is 5.75. The van der Waals surface area contributed by atoms with Gasteiger partial charge >= 0.3 is 12.1 Å². The number of carbonyl (C=O) groups is 1. The predicted octanol–water partition coefficient (Wildman–Crippen LogP) is 4.59. The Morgan fingerprint density at radius 3 is 2.35 bits per heavy atom. The first-order valence-corrected chi connectivity index (χ1v) is 10.7. The van der Waals surface area contributed by atoms with E-state index in [1.165, 1.54) is 13.3 Å². The number of hydrogen-bond donors (Lipinski definition) is 2. The van der Waals surface area contributed by atoms with E-state index >= 15 is 0 Å². The molecule has 11 heteroatoms. The number of methoxy groups -OCH3 is 1. The van der Waals surface area contributed by atoms with Gasteiger partial charge in [-0.25, -0.2) is 4.98 Å². The van der Waals surface area contributed by atoms with E-state index in [1.807, 2.05) is 24.3 Å². The standard InChI is InChI=1S/C23H23F3N4O4/c1-33-13-22(21(31)32)10-8-17(9-11-22)34-16-5-2-14(3-6-16)18-7-4-15(12-27-18)19-28-20(30-29-19)23(24,25)26/h2-7,12,17H,8-11,13H2,1H3,(H,31,32)(H,28,29,30)/t17-,22-. The number of benzene rings is 1. The van der Waals surface area contributed by atoms with Crippen molar-refractivity contribution in [3.8, 4) is 28.4 Å². The SMILES string of the molecule is COC[C@]1(C(=O)O)CC[C@H](Oc2ccc(-c3ccc(-c4nc(C(F)(F)F)n[nH]4)cn3)cc2)CC1. The highest BCUT2D eigenvalue weighted by atomic mass is 19.4. The highest BCUT2D eigenvalue weighted by Crippen LogP contribution is 2.38. The zero-order valence-corrected chi connectivity index (χ0v) is 18.3. The monoisotopic (exact) mass is 476 g/mol. The average molecular weight is 476 g/mol. The van der Waals surface area contributed by atoms with Crippen molar-refractivity contribution in [3.05, 3.63) is 48.4 Å². The van der Waals surface area contributed by atoms with Gasteiger partial charge in [0.25, 0.3) is 5.82 Å². The lowest BCUT2D eigenvalue weighted by molar-refractivity contribution is -0.156. The van der Waals surface area contributed by atoms with Gasteiger partial charge in [-0.1, -0.05) is 0 Å². The minimum atomic E-state index is -4.62. The number of nitrogens with one attached hydrogen (secondary N) is 1. The number of carboxylic acids is 1. The fraction of sp³-hybridized carbons (Fsp3) is 0.391. The number of H-pyrrole nitrogens is 1. The third-order valence-corrected chi connectivity index (χ3v) is 5.99. The van der Waals surface area contributed by atoms with Crippen molar-refractivity contribution in [3.63, 3.8) is 0 Å². The van der Waals surface area contributed by atoms with Gasteiger partial charge in [0.2, 0.25) is 0 Å². The third-order valence-electron chi connectivity index (χ3n) is 5.99. The quantitative estimate of drug-likeness (QED) is 0.513. The van der Waals surface area contributed by atoms with Crippen LogP contribution in [-0.2, 0) is 15.7 Å². The molecule has 0 atom stereocenters. The van der Waals surface area contributed by atoms with E-state index in [1.54, 1.807) is 12.1 Å². The maximum absolute atomic E-state index is 12.7. The Kier molecular flexibility index (Phi) is 6.56. The predicted molar refractivity (Wildman–Crippen MR) is 115 cm³/mol. The van der Waals surface area contributed by atoms with Crippen molar-refractivity contribution in [1.82, 2.24) is 20.2 Å². The minimum Gasteiger partial charge on any atom is -0.490 e. The summed E-state index contributed by atoms with van der Waals surface area (Å²) in [4.78, 5) is 19.4. The summed E-state index contributed by atoms with van der Waals surface area (Å²) in [5, 5.41) is 15.0. The van der Waals surface area contributed by atoms with Crippen LogP contribution in [0, 0.1) is 5.41 Å².